The maximum absolute atomic E-state index is 12.2. The monoisotopic (exact) mass is 543 g/mol. The van der Waals surface area contributed by atoms with Gasteiger partial charge in [-0.2, -0.15) is 5.10 Å². The van der Waals surface area contributed by atoms with Crippen LogP contribution in [0, 0.1) is 0 Å². The van der Waals surface area contributed by atoms with Crippen LogP contribution in [0.2, 0.25) is 10.0 Å². The Morgan fingerprint density at radius 2 is 1.73 bits per heavy atom. The fraction of sp³-hybridized carbons (Fsp3) is 0.222. The van der Waals surface area contributed by atoms with E-state index in [-0.39, 0.29) is 11.6 Å². The van der Waals surface area contributed by atoms with E-state index in [0.29, 0.717) is 40.1 Å². The van der Waals surface area contributed by atoms with Crippen molar-refractivity contribution in [2.24, 2.45) is 5.10 Å². The molecule has 194 valence electrons. The van der Waals surface area contributed by atoms with Crippen molar-refractivity contribution < 1.29 is 23.8 Å². The summed E-state index contributed by atoms with van der Waals surface area (Å²) >= 11 is 12.6. The number of hydrogen-bond acceptors (Lipinski definition) is 6. The molecular weight excluding hydrogens is 517 g/mol. The number of hydrogen-bond donors (Lipinski definition) is 2. The second-order valence-electron chi connectivity index (χ2n) is 7.79. The molecule has 0 aliphatic carbocycles. The van der Waals surface area contributed by atoms with Crippen LogP contribution in [0.4, 0.5) is 5.69 Å². The zero-order chi connectivity index (χ0) is 26.6. The van der Waals surface area contributed by atoms with Gasteiger partial charge in [0.1, 0.15) is 12.4 Å². The van der Waals surface area contributed by atoms with E-state index in [1.807, 2.05) is 18.2 Å². The van der Waals surface area contributed by atoms with E-state index in [2.05, 4.69) is 22.8 Å². The van der Waals surface area contributed by atoms with Crippen LogP contribution in [-0.2, 0) is 16.2 Å². The lowest BCUT2D eigenvalue weighted by Gasteiger charge is -2.14. The zero-order valence-electron chi connectivity index (χ0n) is 20.4. The summed E-state index contributed by atoms with van der Waals surface area (Å²) in [4.78, 5) is 24.3. The Morgan fingerprint density at radius 3 is 2.43 bits per heavy atom. The van der Waals surface area contributed by atoms with Gasteiger partial charge in [0.05, 0.1) is 25.0 Å². The largest absolute Gasteiger partial charge is 0.494 e. The van der Waals surface area contributed by atoms with E-state index in [4.69, 9.17) is 37.4 Å². The van der Waals surface area contributed by atoms with Crippen LogP contribution in [0.1, 0.15) is 30.9 Å². The smallest absolute Gasteiger partial charge is 0.329 e. The molecule has 10 heteroatoms. The molecule has 37 heavy (non-hydrogen) atoms. The minimum Gasteiger partial charge on any atom is -0.494 e. The maximum atomic E-state index is 12.2. The third-order valence-corrected chi connectivity index (χ3v) is 5.70. The highest BCUT2D eigenvalue weighted by Crippen LogP contribution is 2.37. The first-order valence-corrected chi connectivity index (χ1v) is 12.3. The second-order valence-corrected chi connectivity index (χ2v) is 8.61. The molecule has 0 aromatic heterocycles. The molecule has 0 aliphatic rings. The summed E-state index contributed by atoms with van der Waals surface area (Å²) in [6.45, 7) is 2.90. The number of rotatable bonds is 11. The average molecular weight is 544 g/mol. The van der Waals surface area contributed by atoms with Crippen molar-refractivity contribution >= 4 is 46.9 Å². The van der Waals surface area contributed by atoms with Gasteiger partial charge in [0, 0.05) is 16.3 Å². The van der Waals surface area contributed by atoms with Crippen molar-refractivity contribution in [1.82, 2.24) is 5.43 Å². The van der Waals surface area contributed by atoms with Crippen LogP contribution in [0.5, 0.6) is 17.2 Å². The summed E-state index contributed by atoms with van der Waals surface area (Å²) in [5.41, 5.74) is 3.96. The number of nitrogens with one attached hydrogen (secondary N) is 2. The Kier molecular flexibility index (Phi) is 10.6. The first kappa shape index (κ1) is 27.8. The predicted molar refractivity (Wildman–Crippen MR) is 145 cm³/mol. The number of unbranched alkanes of at least 4 members (excludes halogenated alkanes) is 1. The number of amides is 2. The van der Waals surface area contributed by atoms with Gasteiger partial charge < -0.3 is 19.5 Å². The number of nitrogens with zero attached hydrogens (tertiary/aromatic N) is 1. The standard InChI is InChI=1S/C27H27Cl2N3O5/c1-3-4-13-36-21-11-9-20(10-12-21)31-26(33)27(34)32-30-16-18-14-23(29)25(24(15-18)35-2)37-17-19-7-5-6-8-22(19)28/h5-12,14-16H,3-4,13,17H2,1-2H3,(H,31,33)(H,32,34)/b30-16-. The molecule has 8 nitrogen and oxygen atoms in total. The Hall–Kier alpha value is -3.75. The highest BCUT2D eigenvalue weighted by molar-refractivity contribution is 6.39. The summed E-state index contributed by atoms with van der Waals surface area (Å²) in [5, 5.41) is 7.19. The van der Waals surface area contributed by atoms with E-state index in [0.717, 1.165) is 18.4 Å². The van der Waals surface area contributed by atoms with Crippen molar-refractivity contribution in [2.75, 3.05) is 19.0 Å². The van der Waals surface area contributed by atoms with Crippen LogP contribution in [0.25, 0.3) is 0 Å². The number of carbonyl (C=O) groups is 2. The second kappa shape index (κ2) is 14.1. The van der Waals surface area contributed by atoms with Crippen LogP contribution in [-0.4, -0.2) is 31.7 Å². The first-order valence-electron chi connectivity index (χ1n) is 11.5. The molecule has 0 radical (unpaired) electrons. The molecule has 0 bridgehead atoms. The molecule has 2 N–H and O–H groups in total. The van der Waals surface area contributed by atoms with Crippen LogP contribution >= 0.6 is 23.2 Å². The molecular formula is C27H27Cl2N3O5. The quantitative estimate of drug-likeness (QED) is 0.137. The molecule has 3 aromatic carbocycles. The molecule has 3 rings (SSSR count). The van der Waals surface area contributed by atoms with E-state index < -0.39 is 11.8 Å². The van der Waals surface area contributed by atoms with E-state index in [9.17, 15) is 9.59 Å². The maximum Gasteiger partial charge on any atom is 0.329 e. The van der Waals surface area contributed by atoms with E-state index in [1.165, 1.54) is 13.3 Å². The van der Waals surface area contributed by atoms with Gasteiger partial charge in [-0.25, -0.2) is 5.43 Å². The Labute approximate surface area is 225 Å². The fourth-order valence-corrected chi connectivity index (χ4v) is 3.56. The number of anilines is 1. The molecule has 0 heterocycles. The van der Waals surface area contributed by atoms with E-state index >= 15 is 0 Å². The lowest BCUT2D eigenvalue weighted by molar-refractivity contribution is -0.136. The van der Waals surface area contributed by atoms with Crippen LogP contribution in [0.3, 0.4) is 0 Å². The number of halogens is 2. The minimum atomic E-state index is -0.933. The molecule has 0 saturated heterocycles. The van der Waals surface area contributed by atoms with Crippen molar-refractivity contribution in [3.8, 4) is 17.2 Å². The van der Waals surface area contributed by atoms with E-state index in [1.54, 1.807) is 42.5 Å². The van der Waals surface area contributed by atoms with Gasteiger partial charge in [-0.15, -0.1) is 0 Å². The van der Waals surface area contributed by atoms with Gasteiger partial charge in [-0.1, -0.05) is 54.7 Å². The molecule has 0 fully saturated rings. The zero-order valence-corrected chi connectivity index (χ0v) is 21.9. The molecule has 0 saturated carbocycles. The number of benzene rings is 3. The van der Waals surface area contributed by atoms with Crippen LogP contribution in [0.15, 0.2) is 65.8 Å². The molecule has 0 unspecified atom stereocenters. The van der Waals surface area contributed by atoms with Crippen LogP contribution < -0.4 is 25.0 Å². The lowest BCUT2D eigenvalue weighted by Crippen LogP contribution is -2.32. The Morgan fingerprint density at radius 1 is 0.973 bits per heavy atom. The molecule has 3 aromatic rings. The third-order valence-electron chi connectivity index (χ3n) is 5.05. The third kappa shape index (κ3) is 8.41. The highest BCUT2D eigenvalue weighted by atomic mass is 35.5. The lowest BCUT2D eigenvalue weighted by atomic mass is 10.2. The summed E-state index contributed by atoms with van der Waals surface area (Å²) < 4.78 is 16.8. The van der Waals surface area contributed by atoms with Gasteiger partial charge in [0.2, 0.25) is 0 Å². The summed E-state index contributed by atoms with van der Waals surface area (Å²) in [7, 11) is 1.48. The van der Waals surface area contributed by atoms with Gasteiger partial charge in [-0.05, 0) is 54.4 Å². The summed E-state index contributed by atoms with van der Waals surface area (Å²) in [5.74, 6) is -0.401. The van der Waals surface area contributed by atoms with Crippen molar-refractivity contribution in [3.05, 3.63) is 81.8 Å². The first-order chi connectivity index (χ1) is 17.9. The molecule has 0 spiro atoms. The summed E-state index contributed by atoms with van der Waals surface area (Å²) in [6.07, 6.45) is 3.33. The highest BCUT2D eigenvalue weighted by Gasteiger charge is 2.14. The number of ether oxygens (including phenoxy) is 3. The van der Waals surface area contributed by atoms with Gasteiger partial charge in [0.25, 0.3) is 0 Å². The number of carbonyl (C=O) groups excluding carboxylic acids is 2. The molecule has 0 atom stereocenters. The number of hydrazone groups is 1. The minimum absolute atomic E-state index is 0.197. The van der Waals surface area contributed by atoms with Crippen molar-refractivity contribution in [2.45, 2.75) is 26.4 Å². The van der Waals surface area contributed by atoms with Crippen molar-refractivity contribution in [3.63, 3.8) is 0 Å². The van der Waals surface area contributed by atoms with Gasteiger partial charge in [0.15, 0.2) is 11.5 Å². The predicted octanol–water partition coefficient (Wildman–Crippen LogP) is 5.85. The average Bonchev–Trinajstić information content (AvgIpc) is 2.89. The fourth-order valence-electron chi connectivity index (χ4n) is 3.09. The SMILES string of the molecule is CCCCOc1ccc(NC(=O)C(=O)N/N=C\c2cc(Cl)c(OCc3ccccc3Cl)c(OC)c2)cc1. The van der Waals surface area contributed by atoms with Crippen molar-refractivity contribution in [1.29, 1.82) is 0 Å². The van der Waals surface area contributed by atoms with Gasteiger partial charge in [-0.3, -0.25) is 9.59 Å². The van der Waals surface area contributed by atoms with Gasteiger partial charge >= 0.3 is 11.8 Å². The summed E-state index contributed by atoms with van der Waals surface area (Å²) in [6, 6.07) is 17.3. The normalized spacial score (nSPS) is 10.7. The number of methoxy groups -OCH3 is 1. The Bertz CT molecular complexity index is 1250. The topological polar surface area (TPSA) is 98.2 Å². The molecule has 0 aliphatic heterocycles. The molecule has 2 amide bonds. The Balaban J connectivity index is 1.55.